The van der Waals surface area contributed by atoms with E-state index in [0.29, 0.717) is 24.2 Å². The van der Waals surface area contributed by atoms with Crippen LogP contribution in [0.3, 0.4) is 0 Å². The van der Waals surface area contributed by atoms with Crippen molar-refractivity contribution in [1.82, 2.24) is 0 Å². The van der Waals surface area contributed by atoms with Crippen LogP contribution in [0.25, 0.3) is 0 Å². The monoisotopic (exact) mass is 170 g/mol. The smallest absolute Gasteiger partial charge is 0.158 e. The summed E-state index contributed by atoms with van der Waals surface area (Å²) < 4.78 is 16.6. The van der Waals surface area contributed by atoms with E-state index in [1.165, 1.54) is 0 Å². The molecule has 0 bridgehead atoms. The Kier molecular flexibility index (Phi) is 1.48. The first-order valence-corrected chi connectivity index (χ1v) is 4.81. The first kappa shape index (κ1) is 7.30. The average Bonchev–Trinajstić information content (AvgIpc) is 2.53. The summed E-state index contributed by atoms with van der Waals surface area (Å²) >= 11 is 0. The van der Waals surface area contributed by atoms with Crippen LogP contribution in [0.2, 0.25) is 0 Å². The SMILES string of the molecule is CCO[C@H]1C[C@@H]2[C@@H]3O[C@@H]3C[C@@H]2O1. The van der Waals surface area contributed by atoms with Crippen molar-refractivity contribution in [2.45, 2.75) is 44.4 Å². The molecule has 3 fully saturated rings. The maximum absolute atomic E-state index is 5.72. The van der Waals surface area contributed by atoms with Gasteiger partial charge in [0.25, 0.3) is 0 Å². The van der Waals surface area contributed by atoms with Gasteiger partial charge in [-0.2, -0.15) is 0 Å². The quantitative estimate of drug-likeness (QED) is 0.577. The van der Waals surface area contributed by atoms with Crippen LogP contribution in [-0.2, 0) is 14.2 Å². The molecule has 2 heterocycles. The molecule has 1 saturated carbocycles. The maximum Gasteiger partial charge on any atom is 0.158 e. The van der Waals surface area contributed by atoms with E-state index in [0.717, 1.165) is 19.4 Å². The van der Waals surface area contributed by atoms with E-state index in [9.17, 15) is 0 Å². The second-order valence-electron chi connectivity index (χ2n) is 3.83. The molecule has 2 aliphatic heterocycles. The Morgan fingerprint density at radius 1 is 1.25 bits per heavy atom. The van der Waals surface area contributed by atoms with Gasteiger partial charge in [-0.05, 0) is 6.92 Å². The summed E-state index contributed by atoms with van der Waals surface area (Å²) in [5, 5.41) is 0. The fourth-order valence-corrected chi connectivity index (χ4v) is 2.55. The molecule has 3 heteroatoms. The molecule has 0 aromatic carbocycles. The molecule has 5 atom stereocenters. The molecule has 0 unspecified atom stereocenters. The average molecular weight is 170 g/mol. The van der Waals surface area contributed by atoms with Gasteiger partial charge in [-0.1, -0.05) is 0 Å². The maximum atomic E-state index is 5.72. The van der Waals surface area contributed by atoms with Gasteiger partial charge >= 0.3 is 0 Å². The summed E-state index contributed by atoms with van der Waals surface area (Å²) in [6.07, 6.45) is 3.67. The molecule has 1 aliphatic carbocycles. The molecule has 0 N–H and O–H groups in total. The van der Waals surface area contributed by atoms with E-state index < -0.39 is 0 Å². The van der Waals surface area contributed by atoms with Crippen molar-refractivity contribution in [3.05, 3.63) is 0 Å². The normalized spacial score (nSPS) is 55.2. The van der Waals surface area contributed by atoms with Crippen LogP contribution in [0.1, 0.15) is 19.8 Å². The first-order chi connectivity index (χ1) is 5.88. The van der Waals surface area contributed by atoms with Crippen molar-refractivity contribution in [3.63, 3.8) is 0 Å². The lowest BCUT2D eigenvalue weighted by molar-refractivity contribution is -0.132. The molecule has 0 radical (unpaired) electrons. The van der Waals surface area contributed by atoms with Crippen LogP contribution in [0.5, 0.6) is 0 Å². The molecule has 3 rings (SSSR count). The lowest BCUT2D eigenvalue weighted by Gasteiger charge is -2.11. The van der Waals surface area contributed by atoms with Crippen LogP contribution >= 0.6 is 0 Å². The third-order valence-corrected chi connectivity index (χ3v) is 3.13. The highest BCUT2D eigenvalue weighted by Gasteiger charge is 2.59. The molecular formula is C9H14O3. The number of hydrogen-bond acceptors (Lipinski definition) is 3. The highest BCUT2D eigenvalue weighted by Crippen LogP contribution is 2.50. The number of fused-ring (bicyclic) bond motifs is 3. The van der Waals surface area contributed by atoms with Gasteiger partial charge in [-0.25, -0.2) is 0 Å². The third-order valence-electron chi connectivity index (χ3n) is 3.13. The number of rotatable bonds is 2. The first-order valence-electron chi connectivity index (χ1n) is 4.81. The molecule has 0 aromatic rings. The minimum Gasteiger partial charge on any atom is -0.369 e. The zero-order valence-corrected chi connectivity index (χ0v) is 7.23. The summed E-state index contributed by atoms with van der Waals surface area (Å²) in [7, 11) is 0. The zero-order chi connectivity index (χ0) is 8.13. The van der Waals surface area contributed by atoms with E-state index >= 15 is 0 Å². The number of hydrogen-bond donors (Lipinski definition) is 0. The second-order valence-corrected chi connectivity index (χ2v) is 3.83. The molecular weight excluding hydrogens is 156 g/mol. The van der Waals surface area contributed by atoms with Gasteiger partial charge in [-0.3, -0.25) is 0 Å². The van der Waals surface area contributed by atoms with E-state index in [2.05, 4.69) is 0 Å². The Balaban J connectivity index is 1.64. The molecule has 0 amide bonds. The highest BCUT2D eigenvalue weighted by atomic mass is 16.7. The Labute approximate surface area is 72.0 Å². The number of epoxide rings is 1. The van der Waals surface area contributed by atoms with Crippen LogP contribution in [0.4, 0.5) is 0 Å². The summed E-state index contributed by atoms with van der Waals surface area (Å²) in [5.74, 6) is 0.631. The number of ether oxygens (including phenoxy) is 3. The van der Waals surface area contributed by atoms with Gasteiger partial charge in [0.1, 0.15) is 0 Å². The van der Waals surface area contributed by atoms with Crippen molar-refractivity contribution in [2.24, 2.45) is 5.92 Å². The summed E-state index contributed by atoms with van der Waals surface area (Å²) in [5.41, 5.74) is 0. The van der Waals surface area contributed by atoms with Crippen LogP contribution in [0.15, 0.2) is 0 Å². The summed E-state index contributed by atoms with van der Waals surface area (Å²) in [4.78, 5) is 0. The Hall–Kier alpha value is -0.120. The van der Waals surface area contributed by atoms with Gasteiger partial charge in [0.05, 0.1) is 18.3 Å². The Bertz CT molecular complexity index is 194. The summed E-state index contributed by atoms with van der Waals surface area (Å²) in [6, 6.07) is 0. The third kappa shape index (κ3) is 0.934. The van der Waals surface area contributed by atoms with Crippen LogP contribution < -0.4 is 0 Å². The predicted octanol–water partition coefficient (Wildman–Crippen LogP) is 0.925. The molecule has 2 saturated heterocycles. The van der Waals surface area contributed by atoms with E-state index in [1.807, 2.05) is 6.92 Å². The lowest BCUT2D eigenvalue weighted by Crippen LogP contribution is -2.15. The minimum absolute atomic E-state index is 0.0511. The lowest BCUT2D eigenvalue weighted by atomic mass is 10.0. The molecule has 3 aliphatic rings. The minimum atomic E-state index is 0.0511. The Morgan fingerprint density at radius 3 is 2.92 bits per heavy atom. The van der Waals surface area contributed by atoms with Crippen molar-refractivity contribution >= 4 is 0 Å². The van der Waals surface area contributed by atoms with Crippen LogP contribution in [0, 0.1) is 5.92 Å². The second kappa shape index (κ2) is 2.44. The van der Waals surface area contributed by atoms with Gasteiger partial charge < -0.3 is 14.2 Å². The standard InChI is InChI=1S/C9H14O3/c1-2-10-8-3-5-6(11-8)4-7-9(5)12-7/h5-9H,2-4H2,1H3/t5-,6-,7+,8+,9-/m0/s1. The molecule has 0 aromatic heterocycles. The predicted molar refractivity (Wildman–Crippen MR) is 41.7 cm³/mol. The van der Waals surface area contributed by atoms with Crippen molar-refractivity contribution < 1.29 is 14.2 Å². The van der Waals surface area contributed by atoms with Gasteiger partial charge in [0.15, 0.2) is 6.29 Å². The van der Waals surface area contributed by atoms with E-state index in [1.54, 1.807) is 0 Å². The topological polar surface area (TPSA) is 31.0 Å². The van der Waals surface area contributed by atoms with E-state index in [-0.39, 0.29) is 6.29 Å². The summed E-state index contributed by atoms with van der Waals surface area (Å²) in [6.45, 7) is 2.76. The highest BCUT2D eigenvalue weighted by molar-refractivity contribution is 5.05. The van der Waals surface area contributed by atoms with Crippen molar-refractivity contribution in [2.75, 3.05) is 6.61 Å². The van der Waals surface area contributed by atoms with Crippen LogP contribution in [-0.4, -0.2) is 31.2 Å². The van der Waals surface area contributed by atoms with Gasteiger partial charge in [0.2, 0.25) is 0 Å². The Morgan fingerprint density at radius 2 is 2.17 bits per heavy atom. The van der Waals surface area contributed by atoms with E-state index in [4.69, 9.17) is 14.2 Å². The molecule has 12 heavy (non-hydrogen) atoms. The molecule has 68 valence electrons. The molecule has 3 nitrogen and oxygen atoms in total. The zero-order valence-electron chi connectivity index (χ0n) is 7.23. The largest absolute Gasteiger partial charge is 0.369 e. The molecule has 0 spiro atoms. The van der Waals surface area contributed by atoms with Gasteiger partial charge in [0, 0.05) is 25.4 Å². The fourth-order valence-electron chi connectivity index (χ4n) is 2.55. The fraction of sp³-hybridized carbons (Fsp3) is 1.00. The van der Waals surface area contributed by atoms with Gasteiger partial charge in [-0.15, -0.1) is 0 Å². The van der Waals surface area contributed by atoms with Crippen molar-refractivity contribution in [3.8, 4) is 0 Å². The van der Waals surface area contributed by atoms with Crippen molar-refractivity contribution in [1.29, 1.82) is 0 Å².